The summed E-state index contributed by atoms with van der Waals surface area (Å²) in [6.07, 6.45) is 1.20. The first-order chi connectivity index (χ1) is 7.88. The van der Waals surface area contributed by atoms with Gasteiger partial charge in [0, 0.05) is 18.6 Å². The molecule has 1 aliphatic rings. The lowest BCUT2D eigenvalue weighted by Gasteiger charge is -2.39. The van der Waals surface area contributed by atoms with E-state index in [0.29, 0.717) is 5.92 Å². The fraction of sp³-hybridized carbons (Fsp3) is 0.625. The van der Waals surface area contributed by atoms with E-state index in [0.717, 1.165) is 6.54 Å². The summed E-state index contributed by atoms with van der Waals surface area (Å²) in [5, 5.41) is 0. The lowest BCUT2D eigenvalue weighted by atomic mass is 9.91. The summed E-state index contributed by atoms with van der Waals surface area (Å²) in [5.41, 5.74) is 4.85. The van der Waals surface area contributed by atoms with Crippen LogP contribution < -0.4 is 0 Å². The summed E-state index contributed by atoms with van der Waals surface area (Å²) in [6.45, 7) is 13.8. The van der Waals surface area contributed by atoms with E-state index in [-0.39, 0.29) is 5.54 Å². The quantitative estimate of drug-likeness (QED) is 0.707. The number of hydrogen-bond acceptors (Lipinski definition) is 1. The largest absolute Gasteiger partial charge is 0.294 e. The molecule has 17 heavy (non-hydrogen) atoms. The van der Waals surface area contributed by atoms with Gasteiger partial charge in [0.2, 0.25) is 0 Å². The number of hydrogen-bond donors (Lipinski definition) is 0. The Labute approximate surface area is 106 Å². The van der Waals surface area contributed by atoms with Crippen LogP contribution in [0.15, 0.2) is 18.2 Å². The molecule has 1 aromatic rings. The van der Waals surface area contributed by atoms with Crippen molar-refractivity contribution in [3.63, 3.8) is 0 Å². The first-order valence-electron chi connectivity index (χ1n) is 6.74. The molecule has 1 heterocycles. The minimum absolute atomic E-state index is 0.283. The standard InChI is InChI=1S/C16H25N/c1-12(2)14-7-6-13-8-9-17(16(3,4)5)11-15(13)10-14/h6-7,10,12H,8-9,11H2,1-5H3. The van der Waals surface area contributed by atoms with Crippen molar-refractivity contribution in [3.05, 3.63) is 34.9 Å². The molecule has 94 valence electrons. The van der Waals surface area contributed by atoms with E-state index in [4.69, 9.17) is 0 Å². The number of rotatable bonds is 1. The molecule has 0 amide bonds. The molecule has 0 atom stereocenters. The Morgan fingerprint density at radius 1 is 1.12 bits per heavy atom. The van der Waals surface area contributed by atoms with Gasteiger partial charge in [0.05, 0.1) is 0 Å². The highest BCUT2D eigenvalue weighted by molar-refractivity contribution is 5.35. The summed E-state index contributed by atoms with van der Waals surface area (Å²) < 4.78 is 0. The minimum atomic E-state index is 0.283. The lowest BCUT2D eigenvalue weighted by molar-refractivity contribution is 0.121. The third-order valence-electron chi connectivity index (χ3n) is 3.86. The van der Waals surface area contributed by atoms with Crippen molar-refractivity contribution in [1.29, 1.82) is 0 Å². The van der Waals surface area contributed by atoms with Crippen LogP contribution in [-0.2, 0) is 13.0 Å². The van der Waals surface area contributed by atoms with Crippen molar-refractivity contribution >= 4 is 0 Å². The SMILES string of the molecule is CC(C)c1ccc2c(c1)CN(C(C)(C)C)CC2. The van der Waals surface area contributed by atoms with Gasteiger partial charge in [0.25, 0.3) is 0 Å². The summed E-state index contributed by atoms with van der Waals surface area (Å²) in [5.74, 6) is 0.630. The van der Waals surface area contributed by atoms with Gasteiger partial charge in [-0.15, -0.1) is 0 Å². The molecular formula is C16H25N. The molecule has 1 heteroatoms. The summed E-state index contributed by atoms with van der Waals surface area (Å²) in [4.78, 5) is 2.58. The summed E-state index contributed by atoms with van der Waals surface area (Å²) in [6, 6.07) is 7.05. The molecule has 0 bridgehead atoms. The second-order valence-corrected chi connectivity index (χ2v) is 6.53. The molecule has 0 N–H and O–H groups in total. The van der Waals surface area contributed by atoms with E-state index in [9.17, 15) is 0 Å². The third kappa shape index (κ3) is 2.71. The molecular weight excluding hydrogens is 206 g/mol. The van der Waals surface area contributed by atoms with Crippen molar-refractivity contribution in [2.45, 2.75) is 59.0 Å². The van der Waals surface area contributed by atoms with Crippen molar-refractivity contribution < 1.29 is 0 Å². The van der Waals surface area contributed by atoms with Gasteiger partial charge < -0.3 is 0 Å². The Morgan fingerprint density at radius 3 is 2.41 bits per heavy atom. The van der Waals surface area contributed by atoms with E-state index in [1.54, 1.807) is 5.56 Å². The Bertz CT molecular complexity index is 398. The van der Waals surface area contributed by atoms with Crippen LogP contribution >= 0.6 is 0 Å². The van der Waals surface area contributed by atoms with Crippen LogP contribution in [0.3, 0.4) is 0 Å². The fourth-order valence-corrected chi connectivity index (χ4v) is 2.51. The van der Waals surface area contributed by atoms with Gasteiger partial charge in [-0.2, -0.15) is 0 Å². The predicted molar refractivity (Wildman–Crippen MR) is 74.4 cm³/mol. The maximum atomic E-state index is 2.58. The van der Waals surface area contributed by atoms with E-state index in [1.807, 2.05) is 0 Å². The number of fused-ring (bicyclic) bond motifs is 1. The first kappa shape index (κ1) is 12.6. The smallest absolute Gasteiger partial charge is 0.0241 e. The maximum Gasteiger partial charge on any atom is 0.0241 e. The number of nitrogens with zero attached hydrogens (tertiary/aromatic N) is 1. The van der Waals surface area contributed by atoms with E-state index >= 15 is 0 Å². The van der Waals surface area contributed by atoms with Crippen LogP contribution in [0.5, 0.6) is 0 Å². The molecule has 0 unspecified atom stereocenters. The van der Waals surface area contributed by atoms with Gasteiger partial charge in [0.1, 0.15) is 0 Å². The van der Waals surface area contributed by atoms with E-state index < -0.39 is 0 Å². The van der Waals surface area contributed by atoms with Crippen molar-refractivity contribution in [3.8, 4) is 0 Å². The second-order valence-electron chi connectivity index (χ2n) is 6.53. The summed E-state index contributed by atoms with van der Waals surface area (Å²) in [7, 11) is 0. The van der Waals surface area contributed by atoms with Crippen LogP contribution in [0, 0.1) is 0 Å². The minimum Gasteiger partial charge on any atom is -0.294 e. The number of benzene rings is 1. The molecule has 0 radical (unpaired) electrons. The zero-order chi connectivity index (χ0) is 12.6. The van der Waals surface area contributed by atoms with Gasteiger partial charge in [0.15, 0.2) is 0 Å². The topological polar surface area (TPSA) is 3.24 Å². The molecule has 0 fully saturated rings. The highest BCUT2D eigenvalue weighted by Gasteiger charge is 2.25. The van der Waals surface area contributed by atoms with Crippen LogP contribution in [0.4, 0.5) is 0 Å². The first-order valence-corrected chi connectivity index (χ1v) is 6.74. The molecule has 1 nitrogen and oxygen atoms in total. The molecule has 0 saturated heterocycles. The second kappa shape index (κ2) is 4.45. The van der Waals surface area contributed by atoms with E-state index in [2.05, 4.69) is 57.7 Å². The lowest BCUT2D eigenvalue weighted by Crippen LogP contribution is -2.44. The van der Waals surface area contributed by atoms with Crippen molar-refractivity contribution in [2.24, 2.45) is 0 Å². The van der Waals surface area contributed by atoms with Gasteiger partial charge in [-0.3, -0.25) is 4.90 Å². The van der Waals surface area contributed by atoms with Gasteiger partial charge in [-0.05, 0) is 49.8 Å². The Morgan fingerprint density at radius 2 is 1.82 bits per heavy atom. The maximum absolute atomic E-state index is 2.58. The molecule has 1 aromatic carbocycles. The fourth-order valence-electron chi connectivity index (χ4n) is 2.51. The van der Waals surface area contributed by atoms with Crippen molar-refractivity contribution in [1.82, 2.24) is 4.90 Å². The predicted octanol–water partition coefficient (Wildman–Crippen LogP) is 3.97. The molecule has 0 aromatic heterocycles. The highest BCUT2D eigenvalue weighted by Crippen LogP contribution is 2.27. The molecule has 2 rings (SSSR count). The van der Waals surface area contributed by atoms with Gasteiger partial charge >= 0.3 is 0 Å². The average Bonchev–Trinajstić information content (AvgIpc) is 2.26. The zero-order valence-corrected chi connectivity index (χ0v) is 11.9. The van der Waals surface area contributed by atoms with Crippen LogP contribution in [0.1, 0.15) is 57.2 Å². The average molecular weight is 231 g/mol. The van der Waals surface area contributed by atoms with Crippen LogP contribution in [-0.4, -0.2) is 17.0 Å². The van der Waals surface area contributed by atoms with Crippen LogP contribution in [0.2, 0.25) is 0 Å². The molecule has 0 aliphatic carbocycles. The summed E-state index contributed by atoms with van der Waals surface area (Å²) >= 11 is 0. The van der Waals surface area contributed by atoms with Crippen LogP contribution in [0.25, 0.3) is 0 Å². The zero-order valence-electron chi connectivity index (χ0n) is 11.9. The Kier molecular flexibility index (Phi) is 3.31. The molecule has 0 spiro atoms. The third-order valence-corrected chi connectivity index (χ3v) is 3.86. The highest BCUT2D eigenvalue weighted by atomic mass is 15.2. The molecule has 1 aliphatic heterocycles. The Balaban J connectivity index is 2.27. The van der Waals surface area contributed by atoms with Gasteiger partial charge in [-0.1, -0.05) is 32.0 Å². The molecule has 0 saturated carbocycles. The Hall–Kier alpha value is -0.820. The monoisotopic (exact) mass is 231 g/mol. The van der Waals surface area contributed by atoms with Crippen molar-refractivity contribution in [2.75, 3.05) is 6.54 Å². The van der Waals surface area contributed by atoms with Gasteiger partial charge in [-0.25, -0.2) is 0 Å². The normalized spacial score (nSPS) is 17.3. The van der Waals surface area contributed by atoms with E-state index in [1.165, 1.54) is 24.1 Å².